The van der Waals surface area contributed by atoms with Crippen molar-refractivity contribution >= 4 is 35.8 Å². The van der Waals surface area contributed by atoms with Gasteiger partial charge in [0.15, 0.2) is 5.96 Å². The van der Waals surface area contributed by atoms with E-state index in [2.05, 4.69) is 10.3 Å². The summed E-state index contributed by atoms with van der Waals surface area (Å²) in [7, 11) is 0. The molecule has 158 valence electrons. The lowest BCUT2D eigenvalue weighted by molar-refractivity contribution is -0.181. The summed E-state index contributed by atoms with van der Waals surface area (Å²) >= 11 is 0. The molecule has 2 fully saturated rings. The Morgan fingerprint density at radius 2 is 1.89 bits per heavy atom. The lowest BCUT2D eigenvalue weighted by atomic mass is 10.2. The fourth-order valence-corrected chi connectivity index (χ4v) is 3.34. The summed E-state index contributed by atoms with van der Waals surface area (Å²) in [6, 6.07) is -1.41. The van der Waals surface area contributed by atoms with E-state index in [0.29, 0.717) is 45.7 Å². The SMILES string of the molecule is CCNC(=NCCCN1CCCC1=O)N1CCN(C(C)C(F)(F)F)CC1.I. The number of aliphatic imine (C=N–C) groups is 1. The average Bonchev–Trinajstić information content (AvgIpc) is 3.01. The van der Waals surface area contributed by atoms with Gasteiger partial charge in [-0.3, -0.25) is 14.7 Å². The van der Waals surface area contributed by atoms with Gasteiger partial charge in [0, 0.05) is 58.8 Å². The molecule has 0 aromatic rings. The molecule has 2 rings (SSSR count). The van der Waals surface area contributed by atoms with Gasteiger partial charge < -0.3 is 15.1 Å². The molecule has 0 aromatic heterocycles. The molecule has 2 saturated heterocycles. The molecule has 1 unspecified atom stereocenters. The van der Waals surface area contributed by atoms with Crippen LogP contribution in [0.2, 0.25) is 0 Å². The largest absolute Gasteiger partial charge is 0.403 e. The van der Waals surface area contributed by atoms with Crippen molar-refractivity contribution in [2.75, 3.05) is 52.4 Å². The van der Waals surface area contributed by atoms with E-state index in [-0.39, 0.29) is 29.9 Å². The number of likely N-dealkylation sites (tertiary alicyclic amines) is 1. The first-order valence-electron chi connectivity index (χ1n) is 9.44. The molecule has 0 aromatic carbocycles. The monoisotopic (exact) mass is 505 g/mol. The second-order valence-corrected chi connectivity index (χ2v) is 6.81. The van der Waals surface area contributed by atoms with Crippen molar-refractivity contribution in [2.24, 2.45) is 4.99 Å². The van der Waals surface area contributed by atoms with Gasteiger partial charge >= 0.3 is 6.18 Å². The van der Waals surface area contributed by atoms with E-state index in [9.17, 15) is 18.0 Å². The maximum atomic E-state index is 12.9. The van der Waals surface area contributed by atoms with Crippen molar-refractivity contribution in [3.05, 3.63) is 0 Å². The topological polar surface area (TPSA) is 51.2 Å². The molecule has 10 heteroatoms. The highest BCUT2D eigenvalue weighted by atomic mass is 127. The highest BCUT2D eigenvalue weighted by Gasteiger charge is 2.41. The van der Waals surface area contributed by atoms with Gasteiger partial charge in [-0.1, -0.05) is 0 Å². The fourth-order valence-electron chi connectivity index (χ4n) is 3.34. The van der Waals surface area contributed by atoms with E-state index < -0.39 is 12.2 Å². The molecule has 1 amide bonds. The maximum absolute atomic E-state index is 12.9. The van der Waals surface area contributed by atoms with Gasteiger partial charge in [0.2, 0.25) is 5.91 Å². The molecule has 0 spiro atoms. The van der Waals surface area contributed by atoms with E-state index >= 15 is 0 Å². The Labute approximate surface area is 176 Å². The highest BCUT2D eigenvalue weighted by Crippen LogP contribution is 2.25. The van der Waals surface area contributed by atoms with Crippen LogP contribution < -0.4 is 5.32 Å². The summed E-state index contributed by atoms with van der Waals surface area (Å²) in [5, 5.41) is 3.22. The van der Waals surface area contributed by atoms with Gasteiger partial charge in [-0.2, -0.15) is 13.2 Å². The zero-order chi connectivity index (χ0) is 19.2. The van der Waals surface area contributed by atoms with E-state index in [4.69, 9.17) is 0 Å². The summed E-state index contributed by atoms with van der Waals surface area (Å²) < 4.78 is 38.6. The molecule has 0 bridgehead atoms. The third-order valence-corrected chi connectivity index (χ3v) is 4.99. The number of rotatable bonds is 6. The van der Waals surface area contributed by atoms with Crippen LogP contribution in [0.3, 0.4) is 0 Å². The second-order valence-electron chi connectivity index (χ2n) is 6.81. The predicted molar refractivity (Wildman–Crippen MR) is 110 cm³/mol. The molecule has 1 atom stereocenters. The number of nitrogens with one attached hydrogen (secondary N) is 1. The van der Waals surface area contributed by atoms with Crippen LogP contribution in [0.15, 0.2) is 4.99 Å². The predicted octanol–water partition coefficient (Wildman–Crippen LogP) is 2.15. The summed E-state index contributed by atoms with van der Waals surface area (Å²) in [5.41, 5.74) is 0. The molecule has 0 aliphatic carbocycles. The first kappa shape index (κ1) is 24.3. The van der Waals surface area contributed by atoms with Crippen LogP contribution >= 0.6 is 24.0 Å². The number of hydrogen-bond donors (Lipinski definition) is 1. The van der Waals surface area contributed by atoms with Crippen molar-refractivity contribution in [2.45, 2.75) is 45.3 Å². The third kappa shape index (κ3) is 7.28. The first-order valence-corrected chi connectivity index (χ1v) is 9.44. The summed E-state index contributed by atoms with van der Waals surface area (Å²) in [6.07, 6.45) is -1.81. The van der Waals surface area contributed by atoms with Gasteiger partial charge in [0.1, 0.15) is 6.04 Å². The Hall–Kier alpha value is -0.780. The molecular weight excluding hydrogens is 474 g/mol. The van der Waals surface area contributed by atoms with Crippen LogP contribution in [0.5, 0.6) is 0 Å². The Morgan fingerprint density at radius 1 is 1.22 bits per heavy atom. The quantitative estimate of drug-likeness (QED) is 0.260. The fraction of sp³-hybridized carbons (Fsp3) is 0.882. The summed E-state index contributed by atoms with van der Waals surface area (Å²) in [6.45, 7) is 7.85. The Kier molecular flexibility index (Phi) is 10.1. The van der Waals surface area contributed by atoms with Crippen molar-refractivity contribution in [1.29, 1.82) is 0 Å². The van der Waals surface area contributed by atoms with Crippen LogP contribution in [0.4, 0.5) is 13.2 Å². The number of nitrogens with zero attached hydrogens (tertiary/aromatic N) is 4. The van der Waals surface area contributed by atoms with Crippen LogP contribution in [-0.4, -0.2) is 91.1 Å². The number of hydrogen-bond acceptors (Lipinski definition) is 3. The molecule has 0 saturated carbocycles. The minimum Gasteiger partial charge on any atom is -0.357 e. The van der Waals surface area contributed by atoms with Crippen LogP contribution in [0.25, 0.3) is 0 Å². The lowest BCUT2D eigenvalue weighted by Gasteiger charge is -2.39. The standard InChI is InChI=1S/C17H30F3N5O.HI/c1-3-21-16(22-7-5-9-24-8-4-6-15(24)26)25-12-10-23(11-13-25)14(2)17(18,19)20;/h14H,3-13H2,1-2H3,(H,21,22);1H. The van der Waals surface area contributed by atoms with E-state index in [1.807, 2.05) is 16.7 Å². The van der Waals surface area contributed by atoms with Crippen molar-refractivity contribution in [3.8, 4) is 0 Å². The number of alkyl halides is 3. The molecule has 1 N–H and O–H groups in total. The molecule has 6 nitrogen and oxygen atoms in total. The number of carbonyl (C=O) groups is 1. The molecule has 2 aliphatic rings. The van der Waals surface area contributed by atoms with Gasteiger partial charge in [0.25, 0.3) is 0 Å². The molecule has 27 heavy (non-hydrogen) atoms. The number of guanidine groups is 1. The van der Waals surface area contributed by atoms with Crippen molar-refractivity contribution < 1.29 is 18.0 Å². The smallest absolute Gasteiger partial charge is 0.357 e. The minimum atomic E-state index is -4.19. The van der Waals surface area contributed by atoms with E-state index in [0.717, 1.165) is 31.9 Å². The van der Waals surface area contributed by atoms with E-state index in [1.54, 1.807) is 0 Å². The van der Waals surface area contributed by atoms with Crippen LogP contribution in [-0.2, 0) is 4.79 Å². The zero-order valence-electron chi connectivity index (χ0n) is 16.1. The van der Waals surface area contributed by atoms with Crippen molar-refractivity contribution in [1.82, 2.24) is 20.0 Å². The normalized spacial score (nSPS) is 20.6. The third-order valence-electron chi connectivity index (χ3n) is 4.99. The number of amides is 1. The molecule has 0 radical (unpaired) electrons. The first-order chi connectivity index (χ1) is 12.3. The highest BCUT2D eigenvalue weighted by molar-refractivity contribution is 14.0. The number of halogens is 4. The second kappa shape index (κ2) is 11.3. The number of carbonyl (C=O) groups excluding carboxylic acids is 1. The minimum absolute atomic E-state index is 0. The van der Waals surface area contributed by atoms with Crippen LogP contribution in [0, 0.1) is 0 Å². The zero-order valence-corrected chi connectivity index (χ0v) is 18.4. The van der Waals surface area contributed by atoms with E-state index in [1.165, 1.54) is 11.8 Å². The Bertz CT molecular complexity index is 495. The van der Waals surface area contributed by atoms with Crippen LogP contribution in [0.1, 0.15) is 33.1 Å². The molecule has 2 aliphatic heterocycles. The average molecular weight is 505 g/mol. The van der Waals surface area contributed by atoms with Gasteiger partial charge in [-0.15, -0.1) is 24.0 Å². The number of piperazine rings is 1. The van der Waals surface area contributed by atoms with Gasteiger partial charge in [-0.05, 0) is 26.7 Å². The Balaban J connectivity index is 0.00000364. The van der Waals surface area contributed by atoms with Crippen molar-refractivity contribution in [3.63, 3.8) is 0 Å². The van der Waals surface area contributed by atoms with Gasteiger partial charge in [-0.25, -0.2) is 0 Å². The lowest BCUT2D eigenvalue weighted by Crippen LogP contribution is -2.56. The maximum Gasteiger partial charge on any atom is 0.403 e. The summed E-state index contributed by atoms with van der Waals surface area (Å²) in [5.74, 6) is 0.968. The van der Waals surface area contributed by atoms with Gasteiger partial charge in [0.05, 0.1) is 0 Å². The molecule has 2 heterocycles. The molecular formula is C17H31F3IN5O. The Morgan fingerprint density at radius 3 is 2.41 bits per heavy atom. The summed E-state index contributed by atoms with van der Waals surface area (Å²) in [4.78, 5) is 21.6.